The molecular weight excluding hydrogens is 376 g/mol. The first-order valence-corrected chi connectivity index (χ1v) is 8.99. The number of esters is 2. The average Bonchev–Trinajstić information content (AvgIpc) is 3.12. The topological polar surface area (TPSA) is 111 Å². The van der Waals surface area contributed by atoms with Gasteiger partial charge in [-0.15, -0.1) is 0 Å². The molecule has 2 N–H and O–H groups in total. The fraction of sp³-hybridized carbons (Fsp3) is 0.238. The molecule has 8 heteroatoms. The van der Waals surface area contributed by atoms with Crippen LogP contribution in [0.15, 0.2) is 60.7 Å². The molecular formula is C21H20N2O6. The van der Waals surface area contributed by atoms with Crippen molar-refractivity contribution in [1.29, 1.82) is 0 Å². The fourth-order valence-corrected chi connectivity index (χ4v) is 2.97. The van der Waals surface area contributed by atoms with Crippen molar-refractivity contribution in [3.8, 4) is 0 Å². The predicted octanol–water partition coefficient (Wildman–Crippen LogP) is 1.13. The van der Waals surface area contributed by atoms with E-state index in [0.717, 1.165) is 0 Å². The van der Waals surface area contributed by atoms with E-state index in [1.165, 1.54) is 7.11 Å². The molecule has 1 aliphatic heterocycles. The molecule has 1 heterocycles. The number of carbonyl (C=O) groups is 4. The SMILES string of the molecule is COC(=O)[C@H](OC(=O)[C@H]1C[C@H](NC(=O)c2ccccc2)C(=O)N1)c1ccccc1. The summed E-state index contributed by atoms with van der Waals surface area (Å²) in [5.41, 5.74) is 0.854. The van der Waals surface area contributed by atoms with E-state index < -0.39 is 41.9 Å². The van der Waals surface area contributed by atoms with Crippen LogP contribution in [0.2, 0.25) is 0 Å². The summed E-state index contributed by atoms with van der Waals surface area (Å²) in [5.74, 6) is -2.43. The predicted molar refractivity (Wildman–Crippen MR) is 102 cm³/mol. The lowest BCUT2D eigenvalue weighted by Gasteiger charge is -2.18. The molecule has 2 aromatic carbocycles. The number of benzene rings is 2. The molecule has 0 saturated carbocycles. The summed E-state index contributed by atoms with van der Waals surface area (Å²) in [6.45, 7) is 0. The highest BCUT2D eigenvalue weighted by Crippen LogP contribution is 2.21. The summed E-state index contributed by atoms with van der Waals surface area (Å²) in [6, 6.07) is 15.0. The smallest absolute Gasteiger partial charge is 0.351 e. The number of amides is 2. The van der Waals surface area contributed by atoms with Gasteiger partial charge in [-0.2, -0.15) is 0 Å². The molecule has 1 fully saturated rings. The van der Waals surface area contributed by atoms with Gasteiger partial charge < -0.3 is 20.1 Å². The van der Waals surface area contributed by atoms with E-state index in [9.17, 15) is 19.2 Å². The molecule has 0 unspecified atom stereocenters. The van der Waals surface area contributed by atoms with Gasteiger partial charge in [0.1, 0.15) is 12.1 Å². The first-order chi connectivity index (χ1) is 14.0. The highest BCUT2D eigenvalue weighted by Gasteiger charge is 2.39. The Hall–Kier alpha value is -3.68. The van der Waals surface area contributed by atoms with Crippen molar-refractivity contribution >= 4 is 23.8 Å². The van der Waals surface area contributed by atoms with Crippen LogP contribution in [0, 0.1) is 0 Å². The Morgan fingerprint density at radius 2 is 1.66 bits per heavy atom. The molecule has 2 aromatic rings. The van der Waals surface area contributed by atoms with Crippen LogP contribution < -0.4 is 10.6 Å². The lowest BCUT2D eigenvalue weighted by molar-refractivity contribution is -0.168. The standard InChI is InChI=1S/C21H20N2O6/c1-28-21(27)17(13-8-4-2-5-9-13)29-20(26)16-12-15(19(25)23-16)22-18(24)14-10-6-3-7-11-14/h2-11,15-17H,12H2,1H3,(H,22,24)(H,23,25)/t15-,16+,17+/m0/s1. The van der Waals surface area contributed by atoms with Crippen molar-refractivity contribution in [2.75, 3.05) is 7.11 Å². The number of ether oxygens (including phenoxy) is 2. The third kappa shape index (κ3) is 4.78. The second-order valence-electron chi connectivity index (χ2n) is 6.44. The maximum Gasteiger partial charge on any atom is 0.351 e. The van der Waals surface area contributed by atoms with E-state index in [1.807, 2.05) is 0 Å². The van der Waals surface area contributed by atoms with Gasteiger partial charge in [0.25, 0.3) is 5.91 Å². The first-order valence-electron chi connectivity index (χ1n) is 8.99. The van der Waals surface area contributed by atoms with Crippen LogP contribution >= 0.6 is 0 Å². The molecule has 3 atom stereocenters. The maximum absolute atomic E-state index is 12.5. The quantitative estimate of drug-likeness (QED) is 0.709. The van der Waals surface area contributed by atoms with Gasteiger partial charge in [0, 0.05) is 17.5 Å². The van der Waals surface area contributed by atoms with E-state index in [4.69, 9.17) is 9.47 Å². The summed E-state index contributed by atoms with van der Waals surface area (Å²) < 4.78 is 10.0. The number of methoxy groups -OCH3 is 1. The van der Waals surface area contributed by atoms with Gasteiger partial charge >= 0.3 is 11.9 Å². The molecule has 0 aliphatic carbocycles. The van der Waals surface area contributed by atoms with E-state index >= 15 is 0 Å². The molecule has 8 nitrogen and oxygen atoms in total. The molecule has 1 saturated heterocycles. The molecule has 0 bridgehead atoms. The number of rotatable bonds is 6. The third-order valence-electron chi connectivity index (χ3n) is 4.48. The van der Waals surface area contributed by atoms with Gasteiger partial charge in [0.15, 0.2) is 0 Å². The Balaban J connectivity index is 1.64. The minimum Gasteiger partial charge on any atom is -0.466 e. The molecule has 0 spiro atoms. The van der Waals surface area contributed by atoms with Crippen LogP contribution in [-0.2, 0) is 23.9 Å². The average molecular weight is 396 g/mol. The maximum atomic E-state index is 12.5. The van der Waals surface area contributed by atoms with Gasteiger partial charge in [-0.05, 0) is 12.1 Å². The molecule has 150 valence electrons. The van der Waals surface area contributed by atoms with E-state index in [-0.39, 0.29) is 6.42 Å². The number of nitrogens with one attached hydrogen (secondary N) is 2. The minimum absolute atomic E-state index is 0.0128. The van der Waals surface area contributed by atoms with Crippen LogP contribution in [0.3, 0.4) is 0 Å². The molecule has 3 rings (SSSR count). The normalized spacial score (nSPS) is 19.0. The zero-order chi connectivity index (χ0) is 20.8. The van der Waals surface area contributed by atoms with E-state index in [2.05, 4.69) is 10.6 Å². The Morgan fingerprint density at radius 3 is 2.28 bits per heavy atom. The first kappa shape index (κ1) is 20.1. The third-order valence-corrected chi connectivity index (χ3v) is 4.48. The number of hydrogen-bond donors (Lipinski definition) is 2. The monoisotopic (exact) mass is 396 g/mol. The molecule has 0 aromatic heterocycles. The van der Waals surface area contributed by atoms with Crippen LogP contribution in [0.25, 0.3) is 0 Å². The summed E-state index contributed by atoms with van der Waals surface area (Å²) in [4.78, 5) is 49.0. The van der Waals surface area contributed by atoms with Gasteiger partial charge in [0.05, 0.1) is 7.11 Å². The highest BCUT2D eigenvalue weighted by atomic mass is 16.6. The van der Waals surface area contributed by atoms with Crippen molar-refractivity contribution in [2.24, 2.45) is 0 Å². The van der Waals surface area contributed by atoms with Crippen LogP contribution in [0.1, 0.15) is 28.4 Å². The van der Waals surface area contributed by atoms with Gasteiger partial charge in [-0.3, -0.25) is 9.59 Å². The Labute approximate surface area is 167 Å². The van der Waals surface area contributed by atoms with Crippen molar-refractivity contribution in [1.82, 2.24) is 10.6 Å². The zero-order valence-corrected chi connectivity index (χ0v) is 15.7. The van der Waals surface area contributed by atoms with E-state index in [1.54, 1.807) is 60.7 Å². The van der Waals surface area contributed by atoms with Gasteiger partial charge in [-0.25, -0.2) is 9.59 Å². The fourth-order valence-electron chi connectivity index (χ4n) is 2.97. The van der Waals surface area contributed by atoms with Crippen LogP contribution in [0.4, 0.5) is 0 Å². The molecule has 2 amide bonds. The summed E-state index contributed by atoms with van der Waals surface area (Å²) in [5, 5.41) is 5.09. The Morgan fingerprint density at radius 1 is 1.03 bits per heavy atom. The lowest BCUT2D eigenvalue weighted by atomic mass is 10.1. The Bertz CT molecular complexity index is 900. The molecule has 29 heavy (non-hydrogen) atoms. The van der Waals surface area contributed by atoms with E-state index in [0.29, 0.717) is 11.1 Å². The summed E-state index contributed by atoms with van der Waals surface area (Å²) in [6.07, 6.45) is -1.23. The van der Waals surface area contributed by atoms with Gasteiger partial charge in [0.2, 0.25) is 12.0 Å². The van der Waals surface area contributed by atoms with Gasteiger partial charge in [-0.1, -0.05) is 48.5 Å². The summed E-state index contributed by atoms with van der Waals surface area (Å²) >= 11 is 0. The zero-order valence-electron chi connectivity index (χ0n) is 15.7. The lowest BCUT2D eigenvalue weighted by Crippen LogP contribution is -2.40. The molecule has 1 aliphatic rings. The second-order valence-corrected chi connectivity index (χ2v) is 6.44. The Kier molecular flexibility index (Phi) is 6.23. The van der Waals surface area contributed by atoms with Crippen LogP contribution in [0.5, 0.6) is 0 Å². The second kappa shape index (κ2) is 9.01. The van der Waals surface area contributed by atoms with Crippen LogP contribution in [-0.4, -0.2) is 42.9 Å². The summed E-state index contributed by atoms with van der Waals surface area (Å²) in [7, 11) is 1.19. The number of hydrogen-bond acceptors (Lipinski definition) is 6. The minimum atomic E-state index is -1.25. The van der Waals surface area contributed by atoms with Crippen molar-refractivity contribution in [3.05, 3.63) is 71.8 Å². The molecule has 0 radical (unpaired) electrons. The largest absolute Gasteiger partial charge is 0.466 e. The van der Waals surface area contributed by atoms with Crippen molar-refractivity contribution in [3.63, 3.8) is 0 Å². The number of carbonyl (C=O) groups excluding carboxylic acids is 4. The van der Waals surface area contributed by atoms with Crippen molar-refractivity contribution in [2.45, 2.75) is 24.6 Å². The van der Waals surface area contributed by atoms with Crippen molar-refractivity contribution < 1.29 is 28.7 Å². The highest BCUT2D eigenvalue weighted by molar-refractivity contribution is 5.99.